The van der Waals surface area contributed by atoms with Gasteiger partial charge in [-0.25, -0.2) is 18.7 Å². The maximum Gasteiger partial charge on any atom is 0.263 e. The molecule has 0 bridgehead atoms. The third kappa shape index (κ3) is 4.19. The Hall–Kier alpha value is -2.85. The zero-order valence-electron chi connectivity index (χ0n) is 16.4. The summed E-state index contributed by atoms with van der Waals surface area (Å²) in [5.41, 5.74) is 9.32. The van der Waals surface area contributed by atoms with E-state index in [1.54, 1.807) is 18.3 Å². The normalized spacial score (nSPS) is 19.2. The van der Waals surface area contributed by atoms with Crippen LogP contribution < -0.4 is 21.3 Å². The topological polar surface area (TPSA) is 96.2 Å². The molecule has 1 amide bonds. The molecule has 2 aromatic heterocycles. The number of halogens is 2. The number of carbonyl (C=O) groups is 1. The largest absolute Gasteiger partial charge is 0.396 e. The number of aromatic nitrogens is 2. The van der Waals surface area contributed by atoms with Crippen molar-refractivity contribution in [1.29, 1.82) is 0 Å². The Kier molecular flexibility index (Phi) is 5.78. The van der Waals surface area contributed by atoms with Crippen molar-refractivity contribution in [3.05, 3.63) is 46.6 Å². The van der Waals surface area contributed by atoms with Gasteiger partial charge in [0.05, 0.1) is 17.9 Å². The molecule has 2 unspecified atom stereocenters. The standard InChI is InChI=1S/C20H22F2N6OS/c1-11-8-26-17-16(23)18(30-20(17)27-11)19(29)24-7-6-12-2-4-13(5-3-12)28-10-14(21)25-9-15(28)22/h2-5,8,14-15,25H,6-7,9-10,23H2,1H3,(H,24,29). The molecule has 7 nitrogen and oxygen atoms in total. The third-order valence-electron chi connectivity index (χ3n) is 4.94. The highest BCUT2D eigenvalue weighted by molar-refractivity contribution is 7.21. The minimum Gasteiger partial charge on any atom is -0.396 e. The van der Waals surface area contributed by atoms with Gasteiger partial charge in [0.25, 0.3) is 5.91 Å². The smallest absolute Gasteiger partial charge is 0.263 e. The zero-order chi connectivity index (χ0) is 21.3. The van der Waals surface area contributed by atoms with E-state index in [0.717, 1.165) is 11.3 Å². The number of hydrogen-bond donors (Lipinski definition) is 3. The SMILES string of the molecule is Cc1cnc2c(N)c(C(=O)NCCc3ccc(N4CC(F)NCC4F)cc3)sc2n1. The number of nitrogens with two attached hydrogens (primary N) is 1. The van der Waals surface area contributed by atoms with Crippen molar-refractivity contribution >= 4 is 39.0 Å². The van der Waals surface area contributed by atoms with Crippen molar-refractivity contribution in [3.63, 3.8) is 0 Å². The van der Waals surface area contributed by atoms with Crippen LogP contribution in [0.2, 0.25) is 0 Å². The molecule has 0 radical (unpaired) electrons. The number of anilines is 2. The van der Waals surface area contributed by atoms with E-state index in [1.165, 1.54) is 16.2 Å². The van der Waals surface area contributed by atoms with Gasteiger partial charge in [-0.05, 0) is 31.0 Å². The van der Waals surface area contributed by atoms with Crippen LogP contribution in [-0.2, 0) is 6.42 Å². The molecular formula is C20H22F2N6OS. The lowest BCUT2D eigenvalue weighted by molar-refractivity contribution is 0.0959. The Morgan fingerprint density at radius 2 is 2.13 bits per heavy atom. The number of nitrogens with one attached hydrogen (secondary N) is 2. The molecule has 0 spiro atoms. The predicted molar refractivity (Wildman–Crippen MR) is 114 cm³/mol. The fourth-order valence-electron chi connectivity index (χ4n) is 3.35. The number of aryl methyl sites for hydroxylation is 1. The third-order valence-corrected chi connectivity index (χ3v) is 6.02. The molecule has 2 atom stereocenters. The predicted octanol–water partition coefficient (Wildman–Crippen LogP) is 2.56. The minimum atomic E-state index is -1.26. The fourth-order valence-corrected chi connectivity index (χ4v) is 4.36. The van der Waals surface area contributed by atoms with Crippen LogP contribution in [0, 0.1) is 6.92 Å². The van der Waals surface area contributed by atoms with Crippen LogP contribution in [-0.4, -0.2) is 48.1 Å². The second kappa shape index (κ2) is 8.49. The van der Waals surface area contributed by atoms with Gasteiger partial charge in [0.2, 0.25) is 0 Å². The molecule has 0 saturated carbocycles. The Morgan fingerprint density at radius 1 is 1.37 bits per heavy atom. The molecule has 1 aliphatic heterocycles. The number of benzene rings is 1. The molecule has 4 N–H and O–H groups in total. The lowest BCUT2D eigenvalue weighted by Crippen LogP contribution is -2.53. The maximum atomic E-state index is 14.0. The molecule has 3 aromatic rings. The fraction of sp³-hybridized carbons (Fsp3) is 0.350. The van der Waals surface area contributed by atoms with Gasteiger partial charge < -0.3 is 16.0 Å². The van der Waals surface area contributed by atoms with Gasteiger partial charge in [-0.3, -0.25) is 10.1 Å². The highest BCUT2D eigenvalue weighted by Gasteiger charge is 2.27. The summed E-state index contributed by atoms with van der Waals surface area (Å²) >= 11 is 1.22. The number of fused-ring (bicyclic) bond motifs is 1. The highest BCUT2D eigenvalue weighted by Crippen LogP contribution is 2.30. The second-order valence-electron chi connectivity index (χ2n) is 7.14. The van der Waals surface area contributed by atoms with Gasteiger partial charge in [-0.15, -0.1) is 11.3 Å². The number of amides is 1. The van der Waals surface area contributed by atoms with Crippen LogP contribution >= 0.6 is 11.3 Å². The van der Waals surface area contributed by atoms with Crippen molar-refractivity contribution in [2.75, 3.05) is 30.3 Å². The van der Waals surface area contributed by atoms with Gasteiger partial charge in [-0.1, -0.05) is 12.1 Å². The van der Waals surface area contributed by atoms with Gasteiger partial charge >= 0.3 is 0 Å². The Bertz CT molecular complexity index is 1060. The number of thiophene rings is 1. The van der Waals surface area contributed by atoms with Crippen LogP contribution in [0.1, 0.15) is 20.9 Å². The number of nitrogens with zero attached hydrogens (tertiary/aromatic N) is 3. The van der Waals surface area contributed by atoms with Gasteiger partial charge in [0, 0.05) is 25.0 Å². The van der Waals surface area contributed by atoms with Crippen LogP contribution in [0.4, 0.5) is 20.2 Å². The van der Waals surface area contributed by atoms with E-state index >= 15 is 0 Å². The monoisotopic (exact) mass is 432 g/mol. The number of hydrogen-bond acceptors (Lipinski definition) is 7. The van der Waals surface area contributed by atoms with Crippen LogP contribution in [0.25, 0.3) is 10.3 Å². The summed E-state index contributed by atoms with van der Waals surface area (Å²) in [6.07, 6.45) is -0.293. The quantitative estimate of drug-likeness (QED) is 0.537. The number of carbonyl (C=O) groups excluding carboxylic acids is 1. The van der Waals surface area contributed by atoms with Crippen molar-refractivity contribution in [1.82, 2.24) is 20.6 Å². The van der Waals surface area contributed by atoms with Crippen LogP contribution in [0.3, 0.4) is 0 Å². The van der Waals surface area contributed by atoms with Crippen molar-refractivity contribution in [2.24, 2.45) is 0 Å². The first-order valence-electron chi connectivity index (χ1n) is 9.59. The molecule has 10 heteroatoms. The van der Waals surface area contributed by atoms with Gasteiger partial charge in [0.1, 0.15) is 15.2 Å². The van der Waals surface area contributed by atoms with Crippen LogP contribution in [0.5, 0.6) is 0 Å². The molecule has 1 fully saturated rings. The number of nitrogen functional groups attached to an aromatic ring is 1. The Balaban J connectivity index is 1.35. The lowest BCUT2D eigenvalue weighted by Gasteiger charge is -2.34. The van der Waals surface area contributed by atoms with Gasteiger partial charge in [-0.2, -0.15) is 0 Å². The number of rotatable bonds is 5. The molecule has 1 aromatic carbocycles. The summed E-state index contributed by atoms with van der Waals surface area (Å²) in [6, 6.07) is 7.25. The number of piperazine rings is 1. The molecule has 4 rings (SSSR count). The molecule has 30 heavy (non-hydrogen) atoms. The molecule has 3 heterocycles. The number of alkyl halides is 2. The summed E-state index contributed by atoms with van der Waals surface area (Å²) in [7, 11) is 0. The zero-order valence-corrected chi connectivity index (χ0v) is 17.2. The summed E-state index contributed by atoms with van der Waals surface area (Å²) in [4.78, 5) is 23.6. The van der Waals surface area contributed by atoms with Crippen molar-refractivity contribution in [3.8, 4) is 0 Å². The van der Waals surface area contributed by atoms with Crippen molar-refractivity contribution < 1.29 is 13.6 Å². The molecular weight excluding hydrogens is 410 g/mol. The summed E-state index contributed by atoms with van der Waals surface area (Å²) in [5.74, 6) is -0.262. The Labute approximate surface area is 176 Å². The van der Waals surface area contributed by atoms with Gasteiger partial charge in [0.15, 0.2) is 12.6 Å². The first kappa shape index (κ1) is 20.4. The molecule has 1 aliphatic rings. The maximum absolute atomic E-state index is 14.0. The summed E-state index contributed by atoms with van der Waals surface area (Å²) < 4.78 is 27.5. The van der Waals surface area contributed by atoms with E-state index in [0.29, 0.717) is 39.6 Å². The van der Waals surface area contributed by atoms with E-state index in [4.69, 9.17) is 5.73 Å². The lowest BCUT2D eigenvalue weighted by atomic mass is 10.1. The Morgan fingerprint density at radius 3 is 2.90 bits per heavy atom. The summed E-state index contributed by atoms with van der Waals surface area (Å²) in [5, 5.41) is 5.33. The van der Waals surface area contributed by atoms with E-state index < -0.39 is 12.6 Å². The minimum absolute atomic E-state index is 0.0314. The molecule has 0 aliphatic carbocycles. The first-order chi connectivity index (χ1) is 14.4. The van der Waals surface area contributed by atoms with Crippen molar-refractivity contribution in [2.45, 2.75) is 25.9 Å². The van der Waals surface area contributed by atoms with E-state index in [9.17, 15) is 13.6 Å². The first-order valence-corrected chi connectivity index (χ1v) is 10.4. The van der Waals surface area contributed by atoms with E-state index in [-0.39, 0.29) is 19.0 Å². The van der Waals surface area contributed by atoms with E-state index in [2.05, 4.69) is 20.6 Å². The highest BCUT2D eigenvalue weighted by atomic mass is 32.1. The average Bonchev–Trinajstić information content (AvgIpc) is 3.06. The van der Waals surface area contributed by atoms with E-state index in [1.807, 2.05) is 19.1 Å². The van der Waals surface area contributed by atoms with Crippen LogP contribution in [0.15, 0.2) is 30.5 Å². The summed E-state index contributed by atoms with van der Waals surface area (Å²) in [6.45, 7) is 2.17. The molecule has 1 saturated heterocycles. The molecule has 158 valence electrons. The second-order valence-corrected chi connectivity index (χ2v) is 8.14. The average molecular weight is 433 g/mol.